The summed E-state index contributed by atoms with van der Waals surface area (Å²) in [5.74, 6) is 0.778. The molecule has 5 rings (SSSR count). The maximum Gasteiger partial charge on any atom is 0.345 e. The first kappa shape index (κ1) is 20.7. The van der Waals surface area contributed by atoms with Crippen LogP contribution in [0.3, 0.4) is 0 Å². The highest BCUT2D eigenvalue weighted by molar-refractivity contribution is 7.11. The normalized spacial score (nSPS) is 11.6. The van der Waals surface area contributed by atoms with E-state index in [1.807, 2.05) is 73.7 Å². The van der Waals surface area contributed by atoms with Gasteiger partial charge in [0.05, 0.1) is 23.4 Å². The van der Waals surface area contributed by atoms with Gasteiger partial charge in [-0.05, 0) is 53.6 Å². The van der Waals surface area contributed by atoms with Crippen LogP contribution in [0.2, 0.25) is 0 Å². The summed E-state index contributed by atoms with van der Waals surface area (Å²) in [6.07, 6.45) is 1.77. The largest absolute Gasteiger partial charge is 0.494 e. The van der Waals surface area contributed by atoms with E-state index in [1.54, 1.807) is 11.5 Å². The van der Waals surface area contributed by atoms with Gasteiger partial charge in [0.15, 0.2) is 0 Å². The smallest absolute Gasteiger partial charge is 0.345 e. The fourth-order valence-corrected chi connectivity index (χ4v) is 4.49. The minimum atomic E-state index is -0.455. The summed E-state index contributed by atoms with van der Waals surface area (Å²) in [6, 6.07) is 23.2. The average molecular weight is 451 g/mol. The lowest BCUT2D eigenvalue weighted by Gasteiger charge is -2.04. The maximum absolute atomic E-state index is 12.7. The minimum absolute atomic E-state index is 0.375. The van der Waals surface area contributed by atoms with E-state index < -0.39 is 5.63 Å². The first-order valence-corrected chi connectivity index (χ1v) is 11.3. The average Bonchev–Trinajstić information content (AvgIpc) is 3.33. The number of aromatic nitrogens is 1. The number of thiazole rings is 1. The highest BCUT2D eigenvalue weighted by Gasteiger charge is 2.15. The Morgan fingerprint density at radius 3 is 2.73 bits per heavy atom. The fraction of sp³-hybridized carbons (Fsp3) is 0.0741. The van der Waals surface area contributed by atoms with Crippen molar-refractivity contribution in [2.45, 2.75) is 6.92 Å². The first-order valence-electron chi connectivity index (χ1n) is 10.4. The van der Waals surface area contributed by atoms with Gasteiger partial charge in [0.2, 0.25) is 0 Å². The Balaban J connectivity index is 1.54. The van der Waals surface area contributed by atoms with Gasteiger partial charge < -0.3 is 9.15 Å². The highest BCUT2D eigenvalue weighted by Crippen LogP contribution is 2.30. The summed E-state index contributed by atoms with van der Waals surface area (Å²) < 4.78 is 11.1. The minimum Gasteiger partial charge on any atom is -0.494 e. The molecule has 0 fully saturated rings. The molecule has 5 aromatic rings. The molecule has 0 spiro atoms. The lowest BCUT2D eigenvalue weighted by Crippen LogP contribution is -2.03. The lowest BCUT2D eigenvalue weighted by atomic mass is 10.0. The molecule has 2 heterocycles. The van der Waals surface area contributed by atoms with Crippen LogP contribution >= 0.6 is 11.3 Å². The highest BCUT2D eigenvalue weighted by atomic mass is 32.1. The predicted molar refractivity (Wildman–Crippen MR) is 132 cm³/mol. The SMILES string of the molecule is CCOc1ccc(/C=C(\C#N)c2nc(-c3cc4c(ccc5ccccc54)oc3=O)cs2)cc1. The van der Waals surface area contributed by atoms with E-state index in [-0.39, 0.29) is 0 Å². The van der Waals surface area contributed by atoms with E-state index in [9.17, 15) is 10.1 Å². The molecule has 3 aromatic carbocycles. The van der Waals surface area contributed by atoms with Crippen molar-refractivity contribution < 1.29 is 9.15 Å². The third-order valence-electron chi connectivity index (χ3n) is 5.28. The van der Waals surface area contributed by atoms with Crippen molar-refractivity contribution in [1.29, 1.82) is 5.26 Å². The van der Waals surface area contributed by atoms with Gasteiger partial charge >= 0.3 is 5.63 Å². The van der Waals surface area contributed by atoms with Crippen LogP contribution in [0.1, 0.15) is 17.5 Å². The topological polar surface area (TPSA) is 76.1 Å². The molecule has 0 radical (unpaired) electrons. The van der Waals surface area contributed by atoms with Gasteiger partial charge in [0.25, 0.3) is 0 Å². The summed E-state index contributed by atoms with van der Waals surface area (Å²) in [6.45, 7) is 2.53. The summed E-state index contributed by atoms with van der Waals surface area (Å²) >= 11 is 1.32. The van der Waals surface area contributed by atoms with Gasteiger partial charge in [-0.3, -0.25) is 0 Å². The second kappa shape index (κ2) is 8.73. The molecule has 0 N–H and O–H groups in total. The third-order valence-corrected chi connectivity index (χ3v) is 6.15. The molecule has 0 bridgehead atoms. The molecule has 0 unspecified atom stereocenters. The van der Waals surface area contributed by atoms with Gasteiger partial charge in [-0.1, -0.05) is 42.5 Å². The molecule has 160 valence electrons. The number of rotatable bonds is 5. The first-order chi connectivity index (χ1) is 16.2. The number of benzene rings is 3. The molecule has 0 aliphatic carbocycles. The van der Waals surface area contributed by atoms with E-state index in [4.69, 9.17) is 9.15 Å². The molecule has 0 saturated carbocycles. The van der Waals surface area contributed by atoms with Crippen molar-refractivity contribution in [2.75, 3.05) is 6.61 Å². The molecule has 6 heteroatoms. The Morgan fingerprint density at radius 1 is 1.12 bits per heavy atom. The van der Waals surface area contributed by atoms with E-state index in [1.165, 1.54) is 11.3 Å². The summed E-state index contributed by atoms with van der Waals surface area (Å²) in [7, 11) is 0. The Hall–Kier alpha value is -4.21. The van der Waals surface area contributed by atoms with Crippen LogP contribution in [-0.2, 0) is 0 Å². The lowest BCUT2D eigenvalue weighted by molar-refractivity contribution is 0.340. The zero-order valence-electron chi connectivity index (χ0n) is 17.7. The van der Waals surface area contributed by atoms with Crippen LogP contribution in [0, 0.1) is 11.3 Å². The molecule has 0 aliphatic heterocycles. The van der Waals surface area contributed by atoms with E-state index >= 15 is 0 Å². The number of fused-ring (bicyclic) bond motifs is 3. The van der Waals surface area contributed by atoms with Crippen molar-refractivity contribution in [3.05, 3.63) is 93.1 Å². The number of hydrogen-bond donors (Lipinski definition) is 0. The van der Waals surface area contributed by atoms with Crippen LogP contribution < -0.4 is 10.4 Å². The molecule has 33 heavy (non-hydrogen) atoms. The zero-order chi connectivity index (χ0) is 22.8. The van der Waals surface area contributed by atoms with Crippen molar-refractivity contribution in [1.82, 2.24) is 4.98 Å². The van der Waals surface area contributed by atoms with Crippen LogP contribution in [-0.4, -0.2) is 11.6 Å². The zero-order valence-corrected chi connectivity index (χ0v) is 18.6. The molecular weight excluding hydrogens is 432 g/mol. The van der Waals surface area contributed by atoms with Gasteiger partial charge in [-0.15, -0.1) is 11.3 Å². The molecule has 0 saturated heterocycles. The second-order valence-electron chi connectivity index (χ2n) is 7.36. The number of nitriles is 1. The van der Waals surface area contributed by atoms with Crippen molar-refractivity contribution >= 4 is 44.7 Å². The number of nitrogens with zero attached hydrogens (tertiary/aromatic N) is 2. The van der Waals surface area contributed by atoms with Gasteiger partial charge in [-0.2, -0.15) is 5.26 Å². The van der Waals surface area contributed by atoms with Gasteiger partial charge in [0.1, 0.15) is 22.4 Å². The van der Waals surface area contributed by atoms with Gasteiger partial charge in [0, 0.05) is 10.8 Å². The Labute approximate surface area is 193 Å². The molecule has 0 aliphatic rings. The second-order valence-corrected chi connectivity index (χ2v) is 8.21. The molecule has 2 aromatic heterocycles. The van der Waals surface area contributed by atoms with Crippen LogP contribution in [0.15, 0.2) is 81.3 Å². The molecule has 0 atom stereocenters. The molecule has 0 amide bonds. The Kier molecular flexibility index (Phi) is 5.47. The Bertz CT molecular complexity index is 1610. The summed E-state index contributed by atoms with van der Waals surface area (Å²) in [4.78, 5) is 17.3. The Morgan fingerprint density at radius 2 is 1.94 bits per heavy atom. The van der Waals surface area contributed by atoms with E-state index in [0.29, 0.717) is 34.0 Å². The summed E-state index contributed by atoms with van der Waals surface area (Å²) in [5, 5.41) is 15.0. The van der Waals surface area contributed by atoms with E-state index in [0.717, 1.165) is 27.5 Å². The van der Waals surface area contributed by atoms with Crippen LogP contribution in [0.25, 0.3) is 44.6 Å². The van der Waals surface area contributed by atoms with Crippen LogP contribution in [0.4, 0.5) is 0 Å². The quantitative estimate of drug-likeness (QED) is 0.173. The predicted octanol–water partition coefficient (Wildman–Crippen LogP) is 6.53. The molecule has 5 nitrogen and oxygen atoms in total. The summed E-state index contributed by atoms with van der Waals surface area (Å²) in [5.41, 5.74) is 2.23. The third kappa shape index (κ3) is 4.02. The van der Waals surface area contributed by atoms with Crippen LogP contribution in [0.5, 0.6) is 5.75 Å². The van der Waals surface area contributed by atoms with Crippen molar-refractivity contribution in [3.8, 4) is 23.1 Å². The van der Waals surface area contributed by atoms with Crippen molar-refractivity contribution in [2.24, 2.45) is 0 Å². The van der Waals surface area contributed by atoms with Crippen molar-refractivity contribution in [3.63, 3.8) is 0 Å². The molecular formula is C27H18N2O3S. The van der Waals surface area contributed by atoms with E-state index in [2.05, 4.69) is 11.1 Å². The number of ether oxygens (including phenoxy) is 1. The number of allylic oxidation sites excluding steroid dienone is 1. The monoisotopic (exact) mass is 450 g/mol. The van der Waals surface area contributed by atoms with Gasteiger partial charge in [-0.25, -0.2) is 9.78 Å². The maximum atomic E-state index is 12.7. The fourth-order valence-electron chi connectivity index (χ4n) is 3.71. The number of hydrogen-bond acceptors (Lipinski definition) is 6. The standard InChI is InChI=1S/C27H18N2O3S/c1-2-31-20-10-7-17(8-11-20)13-19(15-28)26-29-24(16-33-26)23-14-22-21-6-4-3-5-18(21)9-12-25(22)32-27(23)30/h3-14,16H,2H2,1H3/b19-13+.